The molecule has 396 valence electrons. The standard InChI is InChI=1S/C57H79N7O8S/c1-56-29-27-41(65)34-40(56)23-24-42-43-25-26-48(57(43,2)30-28-44(42)56)64-72-35-50(67)59-31-11-3-4-12-33-60-54(70)45(61-53(69)39-21-19-38(20-22-39)52(68)37-14-6-5-7-15-37)16-10-13-32-58-49(66)18-9-8-17-47-51-46(36-73-47)62-55(71)63-51/h5-7,14-15,19-23,41-47,51,65H,3-4,8-13,16-18,24-36H2,1-2H3,(H,58,66)(H,59,67)(H,60,70)(H,61,69)(H2,62,63,71)/b64-48+/t41-,42-,43-,44-,45-,46-,47-,51-,56-,57-/m0/s1. The van der Waals surface area contributed by atoms with E-state index in [1.807, 2.05) is 17.8 Å². The Balaban J connectivity index is 0.716. The monoisotopic (exact) mass is 1020 g/mol. The molecule has 0 aromatic heterocycles. The van der Waals surface area contributed by atoms with Crippen molar-refractivity contribution in [2.75, 3.05) is 32.0 Å². The molecule has 15 nitrogen and oxygen atoms in total. The number of rotatable bonds is 25. The van der Waals surface area contributed by atoms with Crippen LogP contribution >= 0.6 is 11.8 Å². The fourth-order valence-electron chi connectivity index (χ4n) is 13.1. The summed E-state index contributed by atoms with van der Waals surface area (Å²) in [6.07, 6.45) is 18.3. The van der Waals surface area contributed by atoms with Crippen LogP contribution in [0.2, 0.25) is 0 Å². The van der Waals surface area contributed by atoms with Gasteiger partial charge in [-0.05, 0) is 132 Å². The summed E-state index contributed by atoms with van der Waals surface area (Å²) in [5.74, 6) is 1.72. The Bertz CT molecular complexity index is 2330. The molecule has 0 unspecified atom stereocenters. The van der Waals surface area contributed by atoms with Gasteiger partial charge in [0.25, 0.3) is 11.8 Å². The highest BCUT2D eigenvalue weighted by Gasteiger charge is 2.58. The van der Waals surface area contributed by atoms with Crippen LogP contribution in [0.25, 0.3) is 0 Å². The van der Waals surface area contributed by atoms with Crippen molar-refractivity contribution in [3.8, 4) is 0 Å². The van der Waals surface area contributed by atoms with E-state index in [1.165, 1.54) is 12.0 Å². The maximum Gasteiger partial charge on any atom is 0.315 e. The quantitative estimate of drug-likeness (QED) is 0.0172. The van der Waals surface area contributed by atoms with E-state index < -0.39 is 11.9 Å². The zero-order valence-electron chi connectivity index (χ0n) is 43.0. The average molecular weight is 1020 g/mol. The fourth-order valence-corrected chi connectivity index (χ4v) is 14.6. The first-order valence-corrected chi connectivity index (χ1v) is 28.4. The molecule has 0 bridgehead atoms. The first-order valence-electron chi connectivity index (χ1n) is 27.4. The number of aliphatic hydroxyl groups excluding tert-OH is 1. The maximum absolute atomic E-state index is 13.5. The number of oxime groups is 1. The molecule has 6 aliphatic rings. The van der Waals surface area contributed by atoms with Crippen LogP contribution in [0.1, 0.15) is 162 Å². The van der Waals surface area contributed by atoms with Crippen molar-refractivity contribution >= 4 is 52.9 Å². The molecule has 2 aromatic carbocycles. The topological polar surface area (TPSA) is 216 Å². The molecule has 10 atom stereocenters. The summed E-state index contributed by atoms with van der Waals surface area (Å²) >= 11 is 1.87. The van der Waals surface area contributed by atoms with Gasteiger partial charge >= 0.3 is 6.03 Å². The van der Waals surface area contributed by atoms with Gasteiger partial charge in [-0.3, -0.25) is 24.0 Å². The second kappa shape index (κ2) is 25.3. The molecule has 73 heavy (non-hydrogen) atoms. The Morgan fingerprint density at radius 2 is 1.47 bits per heavy atom. The molecule has 2 saturated heterocycles. The van der Waals surface area contributed by atoms with Crippen LogP contribution in [0.5, 0.6) is 0 Å². The third-order valence-electron chi connectivity index (χ3n) is 17.3. The number of hydrogen-bond donors (Lipinski definition) is 7. The van der Waals surface area contributed by atoms with Crippen molar-refractivity contribution in [2.24, 2.45) is 33.7 Å². The number of fused-ring (bicyclic) bond motifs is 6. The number of hydrogen-bond acceptors (Lipinski definition) is 10. The number of allylic oxidation sites excluding steroid dienone is 1. The van der Waals surface area contributed by atoms with Gasteiger partial charge in [0.05, 0.1) is 23.9 Å². The third-order valence-corrected chi connectivity index (χ3v) is 18.8. The minimum Gasteiger partial charge on any atom is -0.393 e. The Morgan fingerprint density at radius 1 is 0.781 bits per heavy atom. The molecule has 0 spiro atoms. The van der Waals surface area contributed by atoms with Crippen molar-refractivity contribution in [1.82, 2.24) is 31.9 Å². The molecule has 2 heterocycles. The van der Waals surface area contributed by atoms with Crippen LogP contribution in [0.15, 0.2) is 71.4 Å². The van der Waals surface area contributed by atoms with Crippen molar-refractivity contribution < 1.29 is 38.7 Å². The Hall–Kier alpha value is -5.22. The fraction of sp³-hybridized carbons (Fsp3) is 0.632. The van der Waals surface area contributed by atoms with Crippen LogP contribution < -0.4 is 31.9 Å². The smallest absolute Gasteiger partial charge is 0.315 e. The highest BCUT2D eigenvalue weighted by Crippen LogP contribution is 2.64. The summed E-state index contributed by atoms with van der Waals surface area (Å²) in [4.78, 5) is 82.6. The largest absolute Gasteiger partial charge is 0.393 e. The number of thioether (sulfide) groups is 1. The summed E-state index contributed by atoms with van der Waals surface area (Å²) < 4.78 is 0. The lowest BCUT2D eigenvalue weighted by molar-refractivity contribution is -0.126. The van der Waals surface area contributed by atoms with Gasteiger partial charge in [-0.1, -0.05) is 92.4 Å². The lowest BCUT2D eigenvalue weighted by Crippen LogP contribution is -2.50. The summed E-state index contributed by atoms with van der Waals surface area (Å²) in [7, 11) is 0. The number of carbonyl (C=O) groups excluding carboxylic acids is 6. The van der Waals surface area contributed by atoms with E-state index in [9.17, 15) is 33.9 Å². The number of carbonyl (C=O) groups is 6. The number of urea groups is 1. The van der Waals surface area contributed by atoms with Crippen LogP contribution in [0.3, 0.4) is 0 Å². The number of nitrogens with zero attached hydrogens (tertiary/aromatic N) is 1. The molecular weight excluding hydrogens is 943 g/mol. The first kappa shape index (κ1) is 54.1. The van der Waals surface area contributed by atoms with Gasteiger partial charge < -0.3 is 41.8 Å². The zero-order chi connectivity index (χ0) is 51.4. The van der Waals surface area contributed by atoms with E-state index in [2.05, 4.69) is 57.0 Å². The van der Waals surface area contributed by atoms with Gasteiger partial charge in [0.2, 0.25) is 11.8 Å². The molecule has 3 saturated carbocycles. The zero-order valence-corrected chi connectivity index (χ0v) is 43.8. The van der Waals surface area contributed by atoms with Gasteiger partial charge in [0, 0.05) is 59.2 Å². The first-order chi connectivity index (χ1) is 35.3. The number of amides is 6. The second-order valence-corrected chi connectivity index (χ2v) is 23.3. The van der Waals surface area contributed by atoms with Crippen LogP contribution in [-0.2, 0) is 19.2 Å². The highest BCUT2D eigenvalue weighted by atomic mass is 32.2. The SMILES string of the molecule is C[C@]12CC[C@H](O)CC1=CC[C@@H]1[C@@H]2CC[C@]2(C)/C(=N/OCC(=O)NCCCCCCNC(=O)[C@H](CCCCNC(=O)CCCC[C@@H]3SC[C@@H]4NC(=O)N[C@@H]43)NC(=O)c3ccc(C(=O)c4ccccc4)cc3)CC[C@@H]12. The molecule has 8 rings (SSSR count). The van der Waals surface area contributed by atoms with Gasteiger partial charge in [0.1, 0.15) is 6.04 Å². The second-order valence-electron chi connectivity index (χ2n) is 22.0. The molecule has 2 aromatic rings. The Kier molecular flexibility index (Phi) is 18.8. The summed E-state index contributed by atoms with van der Waals surface area (Å²) in [6, 6.07) is 14.8. The number of aliphatic hydroxyl groups is 1. The molecular formula is C57H79N7O8S. The molecule has 2 aliphatic heterocycles. The van der Waals surface area contributed by atoms with E-state index >= 15 is 0 Å². The van der Waals surface area contributed by atoms with Crippen LogP contribution in [-0.4, -0.2) is 108 Å². The van der Waals surface area contributed by atoms with E-state index in [-0.39, 0.29) is 65.2 Å². The normalized spacial score (nSPS) is 28.8. The highest BCUT2D eigenvalue weighted by molar-refractivity contribution is 8.00. The van der Waals surface area contributed by atoms with Crippen LogP contribution in [0, 0.1) is 28.6 Å². The predicted octanol–water partition coefficient (Wildman–Crippen LogP) is 7.52. The van der Waals surface area contributed by atoms with E-state index in [0.717, 1.165) is 101 Å². The number of unbranched alkanes of at least 4 members (excludes halogenated alkanes) is 5. The lowest BCUT2D eigenvalue weighted by atomic mass is 9.48. The van der Waals surface area contributed by atoms with E-state index in [4.69, 9.17) is 4.84 Å². The lowest BCUT2D eigenvalue weighted by Gasteiger charge is -2.57. The van der Waals surface area contributed by atoms with Crippen molar-refractivity contribution in [1.29, 1.82) is 0 Å². The number of ketones is 1. The number of nitrogens with one attached hydrogen (secondary N) is 6. The molecule has 7 N–H and O–H groups in total. The summed E-state index contributed by atoms with van der Waals surface area (Å²) in [5.41, 5.74) is 4.13. The minimum absolute atomic E-state index is 0.000942. The summed E-state index contributed by atoms with van der Waals surface area (Å²) in [6.45, 7) is 6.12. The molecule has 16 heteroatoms. The van der Waals surface area contributed by atoms with Crippen molar-refractivity contribution in [3.63, 3.8) is 0 Å². The van der Waals surface area contributed by atoms with Crippen molar-refractivity contribution in [2.45, 2.75) is 165 Å². The Morgan fingerprint density at radius 3 is 2.25 bits per heavy atom. The van der Waals surface area contributed by atoms with E-state index in [0.29, 0.717) is 85.0 Å². The number of benzene rings is 2. The third kappa shape index (κ3) is 13.6. The van der Waals surface area contributed by atoms with Crippen LogP contribution in [0.4, 0.5) is 4.79 Å². The average Bonchev–Trinajstić information content (AvgIpc) is 4.07. The van der Waals surface area contributed by atoms with Gasteiger partial charge in [-0.25, -0.2) is 4.79 Å². The van der Waals surface area contributed by atoms with Gasteiger partial charge in [0.15, 0.2) is 12.4 Å². The van der Waals surface area contributed by atoms with Crippen molar-refractivity contribution in [3.05, 3.63) is 82.9 Å². The minimum atomic E-state index is -0.795. The van der Waals surface area contributed by atoms with E-state index in [1.54, 1.807) is 48.5 Å². The molecule has 4 aliphatic carbocycles. The molecule has 5 fully saturated rings. The van der Waals surface area contributed by atoms with Gasteiger partial charge in [-0.2, -0.15) is 11.8 Å². The maximum atomic E-state index is 13.5. The van der Waals surface area contributed by atoms with Gasteiger partial charge in [-0.15, -0.1) is 0 Å². The Labute approximate surface area is 435 Å². The molecule has 6 amide bonds. The summed E-state index contributed by atoms with van der Waals surface area (Å²) in [5, 5.41) is 33.2. The molecule has 0 radical (unpaired) electrons. The predicted molar refractivity (Wildman–Crippen MR) is 284 cm³/mol.